The number of aliphatic imine (C=N–C) groups is 1. The van der Waals surface area contributed by atoms with E-state index < -0.39 is 4.92 Å². The Hall–Kier alpha value is -3.49. The van der Waals surface area contributed by atoms with Crippen LogP contribution >= 0.6 is 23.4 Å². The number of halogens is 1. The first-order valence-corrected chi connectivity index (χ1v) is 10.4. The van der Waals surface area contributed by atoms with Crippen molar-refractivity contribution in [2.24, 2.45) is 4.99 Å². The number of anilines is 1. The summed E-state index contributed by atoms with van der Waals surface area (Å²) in [5.41, 5.74) is 2.54. The van der Waals surface area contributed by atoms with Gasteiger partial charge >= 0.3 is 0 Å². The van der Waals surface area contributed by atoms with Crippen molar-refractivity contribution in [2.45, 2.75) is 6.92 Å². The second kappa shape index (κ2) is 8.71. The van der Waals surface area contributed by atoms with Crippen LogP contribution in [-0.2, 0) is 4.79 Å². The van der Waals surface area contributed by atoms with Crippen molar-refractivity contribution in [2.75, 3.05) is 4.90 Å². The minimum absolute atomic E-state index is 0.00802. The molecule has 0 N–H and O–H groups in total. The van der Waals surface area contributed by atoms with E-state index in [1.54, 1.807) is 30.5 Å². The van der Waals surface area contributed by atoms with Gasteiger partial charge in [0, 0.05) is 18.3 Å². The minimum atomic E-state index is -0.457. The van der Waals surface area contributed by atoms with Gasteiger partial charge in [-0.1, -0.05) is 29.8 Å². The van der Waals surface area contributed by atoms with Crippen molar-refractivity contribution in [1.29, 1.82) is 0 Å². The number of carbonyl (C=O) groups is 1. The van der Waals surface area contributed by atoms with E-state index in [1.807, 2.05) is 37.3 Å². The Bertz CT molecular complexity index is 1230. The van der Waals surface area contributed by atoms with Crippen molar-refractivity contribution >= 4 is 57.1 Å². The van der Waals surface area contributed by atoms with Gasteiger partial charge in [0.15, 0.2) is 10.3 Å². The van der Waals surface area contributed by atoms with Crippen LogP contribution in [0.2, 0.25) is 5.15 Å². The zero-order valence-electron chi connectivity index (χ0n) is 16.2. The average molecular weight is 451 g/mol. The highest BCUT2D eigenvalue weighted by atomic mass is 35.5. The zero-order valence-corrected chi connectivity index (χ0v) is 17.8. The number of hydrogen-bond acceptors (Lipinski definition) is 6. The first kappa shape index (κ1) is 20.8. The number of nitrogens with zero attached hydrogens (tertiary/aromatic N) is 4. The van der Waals surface area contributed by atoms with Gasteiger partial charge in [0.1, 0.15) is 5.69 Å². The minimum Gasteiger partial charge on any atom is -0.268 e. The molecular weight excluding hydrogens is 436 g/mol. The molecule has 1 aliphatic heterocycles. The van der Waals surface area contributed by atoms with Crippen LogP contribution in [0.25, 0.3) is 5.57 Å². The summed E-state index contributed by atoms with van der Waals surface area (Å²) < 4.78 is 0. The summed E-state index contributed by atoms with van der Waals surface area (Å²) in [7, 11) is 0. The summed E-state index contributed by atoms with van der Waals surface area (Å²) in [5.74, 6) is -0.231. The lowest BCUT2D eigenvalue weighted by molar-refractivity contribution is -0.384. The first-order chi connectivity index (χ1) is 15.0. The number of nitro benzene ring substituents is 1. The summed E-state index contributed by atoms with van der Waals surface area (Å²) >= 11 is 7.39. The van der Waals surface area contributed by atoms with Gasteiger partial charge in [0.2, 0.25) is 0 Å². The van der Waals surface area contributed by atoms with E-state index in [1.165, 1.54) is 28.8 Å². The second-order valence-corrected chi connectivity index (χ2v) is 7.88. The number of carbonyl (C=O) groups excluding carboxylic acids is 1. The number of benzene rings is 2. The molecule has 1 fully saturated rings. The number of aromatic nitrogens is 1. The molecule has 7 nitrogen and oxygen atoms in total. The molecule has 0 unspecified atom stereocenters. The fraction of sp³-hybridized carbons (Fsp3) is 0.0455. The van der Waals surface area contributed by atoms with Crippen molar-refractivity contribution in [3.05, 3.63) is 98.7 Å². The average Bonchev–Trinajstić information content (AvgIpc) is 3.11. The van der Waals surface area contributed by atoms with E-state index in [0.717, 1.165) is 5.56 Å². The van der Waals surface area contributed by atoms with E-state index in [2.05, 4.69) is 9.98 Å². The number of thioether (sulfide) groups is 1. The van der Waals surface area contributed by atoms with E-state index in [0.29, 0.717) is 27.0 Å². The molecule has 0 saturated carbocycles. The molecule has 3 aromatic rings. The normalized spacial score (nSPS) is 16.6. The SMILES string of the molecule is C/C(=C1/SC(=Nc2cccnc2Cl)N(c2ccccc2)C1=O)c1ccc([N+](=O)[O-])cc1. The number of allylic oxidation sites excluding steroid dienone is 1. The van der Waals surface area contributed by atoms with Crippen LogP contribution in [-0.4, -0.2) is 21.0 Å². The standard InChI is InChI=1S/C22H15ClN4O3S/c1-14(15-9-11-17(12-10-15)27(29)30)19-21(28)26(16-6-3-2-4-7-16)22(31-19)25-18-8-5-13-24-20(18)23/h2-13H,1H3/b19-14-,25-22?. The third-order valence-corrected chi connectivity index (χ3v) is 6.04. The third-order valence-electron chi connectivity index (χ3n) is 4.60. The fourth-order valence-corrected chi connectivity index (χ4v) is 4.23. The van der Waals surface area contributed by atoms with E-state index in [4.69, 9.17) is 11.6 Å². The van der Waals surface area contributed by atoms with Crippen molar-refractivity contribution in [3.8, 4) is 0 Å². The van der Waals surface area contributed by atoms with Gasteiger partial charge in [0.05, 0.1) is 15.5 Å². The molecule has 2 aromatic carbocycles. The van der Waals surface area contributed by atoms with Crippen LogP contribution in [0.3, 0.4) is 0 Å². The maximum absolute atomic E-state index is 13.4. The molecule has 0 bridgehead atoms. The molecule has 31 heavy (non-hydrogen) atoms. The first-order valence-electron chi connectivity index (χ1n) is 9.18. The predicted molar refractivity (Wildman–Crippen MR) is 124 cm³/mol. The van der Waals surface area contributed by atoms with Crippen LogP contribution in [0.4, 0.5) is 17.1 Å². The Morgan fingerprint density at radius 2 is 1.81 bits per heavy atom. The van der Waals surface area contributed by atoms with Crippen molar-refractivity contribution in [1.82, 2.24) is 4.98 Å². The lowest BCUT2D eigenvalue weighted by Crippen LogP contribution is -2.28. The Morgan fingerprint density at radius 1 is 1.10 bits per heavy atom. The number of pyridine rings is 1. The zero-order chi connectivity index (χ0) is 22.0. The topological polar surface area (TPSA) is 88.7 Å². The quantitative estimate of drug-likeness (QED) is 0.215. The van der Waals surface area contributed by atoms with Crippen LogP contribution < -0.4 is 4.90 Å². The third kappa shape index (κ3) is 4.21. The summed E-state index contributed by atoms with van der Waals surface area (Å²) in [4.78, 5) is 34.5. The van der Waals surface area contributed by atoms with Crippen LogP contribution in [0.5, 0.6) is 0 Å². The molecule has 2 heterocycles. The maximum Gasteiger partial charge on any atom is 0.271 e. The van der Waals surface area contributed by atoms with E-state index >= 15 is 0 Å². The second-order valence-electron chi connectivity index (χ2n) is 6.54. The summed E-state index contributed by atoms with van der Waals surface area (Å²) in [5, 5.41) is 11.6. The van der Waals surface area contributed by atoms with Crippen LogP contribution in [0.15, 0.2) is 82.8 Å². The molecule has 9 heteroatoms. The molecule has 1 aromatic heterocycles. The molecule has 1 amide bonds. The van der Waals surface area contributed by atoms with E-state index in [-0.39, 0.29) is 16.7 Å². The highest BCUT2D eigenvalue weighted by Crippen LogP contribution is 2.40. The molecule has 154 valence electrons. The molecule has 0 spiro atoms. The molecule has 4 rings (SSSR count). The largest absolute Gasteiger partial charge is 0.271 e. The number of hydrogen-bond donors (Lipinski definition) is 0. The van der Waals surface area contributed by atoms with Gasteiger partial charge in [-0.2, -0.15) is 0 Å². The Kier molecular flexibility index (Phi) is 5.83. The fourth-order valence-electron chi connectivity index (χ4n) is 3.01. The van der Waals surface area contributed by atoms with Gasteiger partial charge in [-0.3, -0.25) is 19.8 Å². The molecule has 0 aliphatic carbocycles. The van der Waals surface area contributed by atoms with Crippen LogP contribution in [0.1, 0.15) is 12.5 Å². The predicted octanol–water partition coefficient (Wildman–Crippen LogP) is 5.84. The van der Waals surface area contributed by atoms with Gasteiger partial charge < -0.3 is 0 Å². The van der Waals surface area contributed by atoms with Gasteiger partial charge in [-0.15, -0.1) is 0 Å². The lowest BCUT2D eigenvalue weighted by Gasteiger charge is -2.15. The Balaban J connectivity index is 1.80. The number of amidine groups is 1. The van der Waals surface area contributed by atoms with E-state index in [9.17, 15) is 14.9 Å². The molecule has 1 aliphatic rings. The van der Waals surface area contributed by atoms with Crippen LogP contribution in [0, 0.1) is 10.1 Å². The number of amides is 1. The lowest BCUT2D eigenvalue weighted by atomic mass is 10.1. The number of nitro groups is 1. The molecule has 0 radical (unpaired) electrons. The van der Waals surface area contributed by atoms with Crippen molar-refractivity contribution < 1.29 is 9.72 Å². The smallest absolute Gasteiger partial charge is 0.268 e. The summed E-state index contributed by atoms with van der Waals surface area (Å²) in [6.07, 6.45) is 1.57. The summed E-state index contributed by atoms with van der Waals surface area (Å²) in [6, 6.07) is 18.7. The molecule has 1 saturated heterocycles. The van der Waals surface area contributed by atoms with Crippen molar-refractivity contribution in [3.63, 3.8) is 0 Å². The molecule has 0 atom stereocenters. The molecular formula is C22H15ClN4O3S. The Morgan fingerprint density at radius 3 is 2.45 bits per heavy atom. The Labute approximate surface area is 187 Å². The number of para-hydroxylation sites is 1. The number of non-ortho nitro benzene ring substituents is 1. The number of rotatable bonds is 4. The maximum atomic E-state index is 13.4. The highest BCUT2D eigenvalue weighted by molar-refractivity contribution is 8.19. The monoisotopic (exact) mass is 450 g/mol. The van der Waals surface area contributed by atoms with Gasteiger partial charge in [0.25, 0.3) is 11.6 Å². The van der Waals surface area contributed by atoms with Gasteiger partial charge in [-0.25, -0.2) is 9.98 Å². The van der Waals surface area contributed by atoms with Gasteiger partial charge in [-0.05, 0) is 66.2 Å². The highest BCUT2D eigenvalue weighted by Gasteiger charge is 2.36. The summed E-state index contributed by atoms with van der Waals surface area (Å²) in [6.45, 7) is 1.81.